The van der Waals surface area contributed by atoms with Gasteiger partial charge in [0.25, 0.3) is 0 Å². The minimum Gasteiger partial charge on any atom is -0.369 e. The summed E-state index contributed by atoms with van der Waals surface area (Å²) in [6.45, 7) is 3.66. The van der Waals surface area contributed by atoms with Gasteiger partial charge < -0.3 is 9.80 Å². The maximum Gasteiger partial charge on any atom is 0.231 e. The molecule has 1 unspecified atom stereocenters. The summed E-state index contributed by atoms with van der Waals surface area (Å²) in [7, 11) is -1.23. The zero-order valence-corrected chi connectivity index (χ0v) is 21.0. The minimum absolute atomic E-state index is 0.0621. The standard InChI is InChI=1S/C26H25Cl2N3O2S/c27-21-6-4-19(5-7-21)16-26(32)31-11-10-20-17-24(8-9-25(20)31)34(33)30-14-12-29(13-15-30)23-3-1-2-22(28)18-23/h1-9,17-18H,10-16H2. The lowest BCUT2D eigenvalue weighted by atomic mass is 10.1. The largest absolute Gasteiger partial charge is 0.369 e. The molecule has 2 aliphatic heterocycles. The van der Waals surface area contributed by atoms with Crippen molar-refractivity contribution in [3.05, 3.63) is 87.9 Å². The van der Waals surface area contributed by atoms with Gasteiger partial charge >= 0.3 is 0 Å². The van der Waals surface area contributed by atoms with Gasteiger partial charge in [0.15, 0.2) is 0 Å². The van der Waals surface area contributed by atoms with Crippen LogP contribution in [-0.2, 0) is 28.6 Å². The second-order valence-electron chi connectivity index (χ2n) is 8.53. The van der Waals surface area contributed by atoms with Gasteiger partial charge in [-0.15, -0.1) is 0 Å². The van der Waals surface area contributed by atoms with Crippen LogP contribution >= 0.6 is 23.2 Å². The number of benzene rings is 3. The van der Waals surface area contributed by atoms with E-state index < -0.39 is 11.0 Å². The molecule has 0 N–H and O–H groups in total. The topological polar surface area (TPSA) is 43.9 Å². The summed E-state index contributed by atoms with van der Waals surface area (Å²) < 4.78 is 15.3. The number of anilines is 2. The summed E-state index contributed by atoms with van der Waals surface area (Å²) in [5.74, 6) is 0.0621. The lowest BCUT2D eigenvalue weighted by molar-refractivity contribution is -0.117. The van der Waals surface area contributed by atoms with E-state index in [1.807, 2.05) is 57.7 Å². The minimum atomic E-state index is -1.23. The number of hydrogen-bond donors (Lipinski definition) is 0. The molecule has 176 valence electrons. The van der Waals surface area contributed by atoms with E-state index in [1.54, 1.807) is 12.1 Å². The van der Waals surface area contributed by atoms with E-state index in [9.17, 15) is 9.00 Å². The Labute approximate surface area is 212 Å². The number of hydrogen-bond acceptors (Lipinski definition) is 3. The summed E-state index contributed by atoms with van der Waals surface area (Å²) in [5, 5.41) is 1.39. The van der Waals surface area contributed by atoms with Gasteiger partial charge in [-0.3, -0.25) is 4.79 Å². The first kappa shape index (κ1) is 23.4. The first-order valence-electron chi connectivity index (χ1n) is 11.3. The fraction of sp³-hybridized carbons (Fsp3) is 0.269. The Morgan fingerprint density at radius 1 is 0.853 bits per heavy atom. The lowest BCUT2D eigenvalue weighted by Crippen LogP contribution is -2.46. The highest BCUT2D eigenvalue weighted by Crippen LogP contribution is 2.31. The zero-order valence-electron chi connectivity index (χ0n) is 18.6. The van der Waals surface area contributed by atoms with Crippen molar-refractivity contribution in [2.24, 2.45) is 0 Å². The number of piperazine rings is 1. The Hall–Kier alpha value is -2.38. The molecule has 3 aromatic rings. The number of nitrogens with zero attached hydrogens (tertiary/aromatic N) is 3. The molecule has 0 radical (unpaired) electrons. The molecular weight excluding hydrogens is 489 g/mol. The van der Waals surface area contributed by atoms with Crippen molar-refractivity contribution in [3.63, 3.8) is 0 Å². The van der Waals surface area contributed by atoms with E-state index in [2.05, 4.69) is 11.0 Å². The van der Waals surface area contributed by atoms with Crippen LogP contribution in [0.5, 0.6) is 0 Å². The molecule has 0 saturated carbocycles. The number of halogens is 2. The molecule has 5 nitrogen and oxygen atoms in total. The SMILES string of the molecule is O=C(Cc1ccc(Cl)cc1)N1CCc2cc(S(=O)N3CCN(c4cccc(Cl)c4)CC3)ccc21. The summed E-state index contributed by atoms with van der Waals surface area (Å²) in [6, 6.07) is 21.1. The Kier molecular flexibility index (Phi) is 6.93. The van der Waals surface area contributed by atoms with Crippen LogP contribution in [-0.4, -0.2) is 47.1 Å². The van der Waals surface area contributed by atoms with Crippen LogP contribution in [0, 0.1) is 0 Å². The molecule has 1 fully saturated rings. The van der Waals surface area contributed by atoms with E-state index in [0.29, 0.717) is 31.1 Å². The number of amides is 1. The van der Waals surface area contributed by atoms with Crippen LogP contribution in [0.3, 0.4) is 0 Å². The predicted molar refractivity (Wildman–Crippen MR) is 139 cm³/mol. The quantitative estimate of drug-likeness (QED) is 0.483. The smallest absolute Gasteiger partial charge is 0.231 e. The molecule has 34 heavy (non-hydrogen) atoms. The molecule has 0 bridgehead atoms. The van der Waals surface area contributed by atoms with Gasteiger partial charge in [-0.1, -0.05) is 41.4 Å². The van der Waals surface area contributed by atoms with Gasteiger partial charge in [-0.25, -0.2) is 8.51 Å². The number of rotatable bonds is 5. The van der Waals surface area contributed by atoms with Gasteiger partial charge in [0.05, 0.1) is 11.3 Å². The number of fused-ring (bicyclic) bond motifs is 1. The number of carbonyl (C=O) groups is 1. The van der Waals surface area contributed by atoms with Gasteiger partial charge in [0, 0.05) is 54.1 Å². The van der Waals surface area contributed by atoms with E-state index in [-0.39, 0.29) is 5.91 Å². The lowest BCUT2D eigenvalue weighted by Gasteiger charge is -2.35. The fourth-order valence-corrected chi connectivity index (χ4v) is 6.08. The molecule has 0 aromatic heterocycles. The highest BCUT2D eigenvalue weighted by Gasteiger charge is 2.27. The van der Waals surface area contributed by atoms with Crippen molar-refractivity contribution in [1.29, 1.82) is 0 Å². The molecule has 0 aliphatic carbocycles. The molecule has 2 heterocycles. The Morgan fingerprint density at radius 3 is 2.35 bits per heavy atom. The van der Waals surface area contributed by atoms with Gasteiger partial charge in [0.2, 0.25) is 5.91 Å². The van der Waals surface area contributed by atoms with Crippen LogP contribution in [0.15, 0.2) is 71.6 Å². The molecular formula is C26H25Cl2N3O2S. The monoisotopic (exact) mass is 513 g/mol. The normalized spacial score (nSPS) is 17.0. The highest BCUT2D eigenvalue weighted by atomic mass is 35.5. The van der Waals surface area contributed by atoms with Crippen molar-refractivity contribution >= 4 is 51.5 Å². The van der Waals surface area contributed by atoms with Crippen molar-refractivity contribution in [3.8, 4) is 0 Å². The molecule has 5 rings (SSSR count). The second-order valence-corrected chi connectivity index (χ2v) is 10.9. The maximum absolute atomic E-state index is 13.3. The Morgan fingerprint density at radius 2 is 1.62 bits per heavy atom. The highest BCUT2D eigenvalue weighted by molar-refractivity contribution is 7.82. The van der Waals surface area contributed by atoms with E-state index in [1.165, 1.54) is 0 Å². The third-order valence-electron chi connectivity index (χ3n) is 6.36. The molecule has 3 aromatic carbocycles. The number of carbonyl (C=O) groups excluding carboxylic acids is 1. The Balaban J connectivity index is 1.23. The molecule has 0 spiro atoms. The average molecular weight is 514 g/mol. The fourth-order valence-electron chi connectivity index (χ4n) is 4.55. The third kappa shape index (κ3) is 5.01. The maximum atomic E-state index is 13.3. The van der Waals surface area contributed by atoms with Crippen LogP contribution in [0.1, 0.15) is 11.1 Å². The van der Waals surface area contributed by atoms with E-state index in [0.717, 1.165) is 51.9 Å². The van der Waals surface area contributed by atoms with Crippen LogP contribution in [0.4, 0.5) is 11.4 Å². The predicted octanol–water partition coefficient (Wildman–Crippen LogP) is 4.97. The summed E-state index contributed by atoms with van der Waals surface area (Å²) in [6.07, 6.45) is 1.11. The Bertz CT molecular complexity index is 1230. The van der Waals surface area contributed by atoms with Gasteiger partial charge in [-0.05, 0) is 66.1 Å². The van der Waals surface area contributed by atoms with Crippen molar-refractivity contribution in [2.45, 2.75) is 17.7 Å². The molecule has 1 amide bonds. The van der Waals surface area contributed by atoms with Crippen LogP contribution in [0.25, 0.3) is 0 Å². The van der Waals surface area contributed by atoms with Crippen LogP contribution in [0.2, 0.25) is 10.0 Å². The van der Waals surface area contributed by atoms with Crippen molar-refractivity contribution in [2.75, 3.05) is 42.5 Å². The molecule has 1 atom stereocenters. The van der Waals surface area contributed by atoms with Gasteiger partial charge in [0.1, 0.15) is 11.0 Å². The summed E-state index contributed by atoms with van der Waals surface area (Å²) in [4.78, 5) is 17.8. The van der Waals surface area contributed by atoms with Gasteiger partial charge in [-0.2, -0.15) is 0 Å². The van der Waals surface area contributed by atoms with Crippen molar-refractivity contribution in [1.82, 2.24) is 4.31 Å². The summed E-state index contributed by atoms with van der Waals surface area (Å²) >= 11 is 12.1. The zero-order chi connectivity index (χ0) is 23.7. The van der Waals surface area contributed by atoms with Crippen LogP contribution < -0.4 is 9.80 Å². The molecule has 2 aliphatic rings. The first-order chi connectivity index (χ1) is 16.5. The van der Waals surface area contributed by atoms with Crippen molar-refractivity contribution < 1.29 is 9.00 Å². The average Bonchev–Trinajstić information content (AvgIpc) is 3.29. The first-order valence-corrected chi connectivity index (χ1v) is 13.2. The van der Waals surface area contributed by atoms with E-state index in [4.69, 9.17) is 23.2 Å². The molecule has 1 saturated heterocycles. The van der Waals surface area contributed by atoms with E-state index >= 15 is 0 Å². The third-order valence-corrected chi connectivity index (χ3v) is 8.34. The second kappa shape index (κ2) is 10.1. The molecule has 8 heteroatoms. The summed E-state index contributed by atoms with van der Waals surface area (Å²) in [5.41, 5.74) is 4.04.